The van der Waals surface area contributed by atoms with Gasteiger partial charge >= 0.3 is 48.4 Å². The molecule has 30 heteroatoms. The lowest BCUT2D eigenvalue weighted by molar-refractivity contribution is -0.290. The minimum Gasteiger partial charge on any atom is -0.487 e. The molecule has 4 aromatic heterocycles. The Bertz CT molecular complexity index is 1940. The Morgan fingerprint density at radius 2 is 0.515 bits per heavy atom. The van der Waals surface area contributed by atoms with Crippen molar-refractivity contribution >= 4 is 0 Å². The number of rotatable bonds is 23. The highest BCUT2D eigenvalue weighted by atomic mass is 19.4. The van der Waals surface area contributed by atoms with Crippen molar-refractivity contribution in [2.24, 2.45) is 0 Å². The van der Waals surface area contributed by atoms with Crippen LogP contribution in [0.15, 0.2) is 73.3 Å². The SMILES string of the molecule is FC(F)(F)C(F)(F)COc1ccnc(CN(CCN(Cc2cc(OCC(F)(F)C(F)(F)F)ccn2)Cc2cc(OCC(F)(F)C(F)(F)F)ccn2)Cc2cc(OCC(F)(F)C(F)(F)F)ccn2)c1. The van der Waals surface area contributed by atoms with Crippen LogP contribution in [0.25, 0.3) is 0 Å². The van der Waals surface area contributed by atoms with E-state index in [0.717, 1.165) is 73.3 Å². The molecule has 0 spiro atoms. The van der Waals surface area contributed by atoms with Crippen molar-refractivity contribution in [2.45, 2.75) is 74.6 Å². The predicted octanol–water partition coefficient (Wildman–Crippen LogP) is 10.3. The first-order valence-electron chi connectivity index (χ1n) is 18.7. The van der Waals surface area contributed by atoms with Crippen LogP contribution in [-0.4, -0.2) is 118 Å². The maximum atomic E-state index is 13.6. The summed E-state index contributed by atoms with van der Waals surface area (Å²) < 4.78 is 281. The van der Waals surface area contributed by atoms with Crippen LogP contribution in [0.2, 0.25) is 0 Å². The van der Waals surface area contributed by atoms with Crippen LogP contribution in [0.1, 0.15) is 22.8 Å². The van der Waals surface area contributed by atoms with Crippen LogP contribution in [0, 0.1) is 0 Å². The Balaban J connectivity index is 1.67. The molecule has 0 saturated carbocycles. The van der Waals surface area contributed by atoms with Gasteiger partial charge in [-0.1, -0.05) is 0 Å². The van der Waals surface area contributed by atoms with Gasteiger partial charge in [0.1, 0.15) is 23.0 Å². The third kappa shape index (κ3) is 16.0. The Morgan fingerprint density at radius 1 is 0.324 bits per heavy atom. The summed E-state index contributed by atoms with van der Waals surface area (Å²) in [4.78, 5) is 18.8. The van der Waals surface area contributed by atoms with Gasteiger partial charge in [-0.15, -0.1) is 0 Å². The molecule has 0 aromatic carbocycles. The zero-order valence-electron chi connectivity index (χ0n) is 33.9. The molecule has 0 aliphatic rings. The molecule has 4 heterocycles. The van der Waals surface area contributed by atoms with E-state index < -0.39 is 124 Å². The fourth-order valence-corrected chi connectivity index (χ4v) is 5.18. The van der Waals surface area contributed by atoms with Gasteiger partial charge in [-0.25, -0.2) is 0 Å². The first kappa shape index (κ1) is 54.9. The fourth-order valence-electron chi connectivity index (χ4n) is 5.18. The summed E-state index contributed by atoms with van der Waals surface area (Å²) >= 11 is 0. The van der Waals surface area contributed by atoms with E-state index in [-0.39, 0.29) is 35.9 Å². The van der Waals surface area contributed by atoms with Gasteiger partial charge < -0.3 is 18.9 Å². The van der Waals surface area contributed by atoms with Gasteiger partial charge in [0.2, 0.25) is 0 Å². The quantitative estimate of drug-likeness (QED) is 0.0669. The second-order valence-electron chi connectivity index (χ2n) is 14.3. The number of nitrogens with zero attached hydrogens (tertiary/aromatic N) is 6. The third-order valence-corrected chi connectivity index (χ3v) is 8.77. The maximum Gasteiger partial charge on any atom is 0.456 e. The molecule has 0 aliphatic heterocycles. The average Bonchev–Trinajstić information content (AvgIpc) is 3.22. The van der Waals surface area contributed by atoms with E-state index >= 15 is 0 Å². The Hall–Kier alpha value is -5.68. The van der Waals surface area contributed by atoms with Crippen molar-refractivity contribution in [2.75, 3.05) is 39.5 Å². The average molecular weight is 1020 g/mol. The van der Waals surface area contributed by atoms with Crippen LogP contribution < -0.4 is 18.9 Å². The summed E-state index contributed by atoms with van der Waals surface area (Å²) in [5.41, 5.74) is -0.422. The third-order valence-electron chi connectivity index (χ3n) is 8.77. The molecule has 0 amide bonds. The number of alkyl halides is 20. The molecule has 4 aromatic rings. The van der Waals surface area contributed by atoms with Crippen LogP contribution >= 0.6 is 0 Å². The Morgan fingerprint density at radius 3 is 0.691 bits per heavy atom. The predicted molar refractivity (Wildman–Crippen MR) is 191 cm³/mol. The lowest BCUT2D eigenvalue weighted by Crippen LogP contribution is -2.41. The largest absolute Gasteiger partial charge is 0.487 e. The van der Waals surface area contributed by atoms with Gasteiger partial charge in [-0.2, -0.15) is 87.8 Å². The van der Waals surface area contributed by atoms with Crippen LogP contribution in [0.4, 0.5) is 87.8 Å². The van der Waals surface area contributed by atoms with E-state index in [9.17, 15) is 87.8 Å². The summed E-state index contributed by atoms with van der Waals surface area (Å²) in [7, 11) is 0. The summed E-state index contributed by atoms with van der Waals surface area (Å²) in [6.45, 7) is -10.8. The zero-order chi connectivity index (χ0) is 51.0. The number of halogens is 20. The molecule has 10 nitrogen and oxygen atoms in total. The van der Waals surface area contributed by atoms with Crippen LogP contribution in [0.5, 0.6) is 23.0 Å². The molecule has 0 atom stereocenters. The second kappa shape index (κ2) is 21.3. The minimum absolute atomic E-state index is 0.106. The number of ether oxygens (including phenoxy) is 4. The van der Waals surface area contributed by atoms with E-state index in [0.29, 0.717) is 0 Å². The van der Waals surface area contributed by atoms with Crippen LogP contribution in [-0.2, 0) is 26.2 Å². The van der Waals surface area contributed by atoms with E-state index in [1.807, 2.05) is 0 Å². The van der Waals surface area contributed by atoms with Crippen LogP contribution in [0.3, 0.4) is 0 Å². The normalized spacial score (nSPS) is 13.6. The van der Waals surface area contributed by atoms with Gasteiger partial charge in [0, 0.05) is 88.3 Å². The molecule has 0 unspecified atom stereocenters. The number of pyridine rings is 4. The molecular weight excluding hydrogens is 984 g/mol. The summed E-state index contributed by atoms with van der Waals surface area (Å²) in [6, 6.07) is 7.46. The van der Waals surface area contributed by atoms with Gasteiger partial charge in [0.05, 0.1) is 22.8 Å². The highest BCUT2D eigenvalue weighted by molar-refractivity contribution is 5.26. The number of aromatic nitrogens is 4. The summed E-state index contributed by atoms with van der Waals surface area (Å²) in [5.74, 6) is -23.3. The molecule has 68 heavy (non-hydrogen) atoms. The van der Waals surface area contributed by atoms with Crippen molar-refractivity contribution < 1.29 is 107 Å². The molecule has 0 aliphatic carbocycles. The van der Waals surface area contributed by atoms with Gasteiger partial charge in [-0.05, 0) is 24.3 Å². The van der Waals surface area contributed by atoms with Gasteiger partial charge in [0.15, 0.2) is 26.4 Å². The highest BCUT2D eigenvalue weighted by Gasteiger charge is 2.60. The topological polar surface area (TPSA) is 95.0 Å². The monoisotopic (exact) mass is 1020 g/mol. The standard InChI is InChI=1S/C38H32F20N6O4/c39-31(40,35(47,48)49)19-65-27-1-5-59-23(11-27)15-63(16-24-12-28(2-6-60-24)66-20-32(41,42)36(50,51)52)9-10-64(17-25-13-29(3-7-61-25)67-21-33(43,44)37(53,54)55)18-26-14-30(4-8-62-26)68-22-34(45,46)38(56,57)58/h1-8,11-14H,9-10,15-22H2. The minimum atomic E-state index is -5.99. The summed E-state index contributed by atoms with van der Waals surface area (Å²) in [5, 5.41) is 0. The molecule has 4 rings (SSSR count). The molecule has 0 N–H and O–H groups in total. The van der Waals surface area contributed by atoms with Crippen molar-refractivity contribution in [3.8, 4) is 23.0 Å². The van der Waals surface area contributed by atoms with Gasteiger partial charge in [-0.3, -0.25) is 29.7 Å². The molecule has 0 fully saturated rings. The lowest BCUT2D eigenvalue weighted by atomic mass is 10.2. The van der Waals surface area contributed by atoms with E-state index in [4.69, 9.17) is 0 Å². The molecular formula is C38H32F20N6O4. The molecule has 378 valence electrons. The Labute approximate surface area is 369 Å². The number of hydrogen-bond acceptors (Lipinski definition) is 10. The lowest BCUT2D eigenvalue weighted by Gasteiger charge is -2.28. The van der Waals surface area contributed by atoms with Gasteiger partial charge in [0.25, 0.3) is 0 Å². The first-order chi connectivity index (χ1) is 31.2. The smallest absolute Gasteiger partial charge is 0.456 e. The second-order valence-corrected chi connectivity index (χ2v) is 14.3. The van der Waals surface area contributed by atoms with Crippen molar-refractivity contribution in [3.63, 3.8) is 0 Å². The maximum absolute atomic E-state index is 13.6. The van der Waals surface area contributed by atoms with E-state index in [1.54, 1.807) is 0 Å². The van der Waals surface area contributed by atoms with Crippen molar-refractivity contribution in [3.05, 3.63) is 96.1 Å². The van der Waals surface area contributed by atoms with Crippen molar-refractivity contribution in [1.29, 1.82) is 0 Å². The number of hydrogen-bond donors (Lipinski definition) is 0. The molecule has 0 saturated heterocycles. The van der Waals surface area contributed by atoms with E-state index in [1.165, 1.54) is 9.80 Å². The first-order valence-corrected chi connectivity index (χ1v) is 18.7. The highest BCUT2D eigenvalue weighted by Crippen LogP contribution is 2.39. The van der Waals surface area contributed by atoms with Crippen molar-refractivity contribution in [1.82, 2.24) is 29.7 Å². The summed E-state index contributed by atoms with van der Waals surface area (Å²) in [6.07, 6.45) is -20.2. The molecule has 0 bridgehead atoms. The zero-order valence-corrected chi connectivity index (χ0v) is 33.9. The Kier molecular flexibility index (Phi) is 17.2. The molecule has 0 radical (unpaired) electrons. The van der Waals surface area contributed by atoms with E-state index in [2.05, 4.69) is 38.9 Å². The fraction of sp³-hybridized carbons (Fsp3) is 0.474.